The predicted octanol–water partition coefficient (Wildman–Crippen LogP) is 5.70. The number of aromatic nitrogens is 2. The molecule has 8 heteroatoms. The average Bonchev–Trinajstić information content (AvgIpc) is 2.94. The zero-order chi connectivity index (χ0) is 26.7. The van der Waals surface area contributed by atoms with E-state index in [0.29, 0.717) is 23.3 Å². The highest BCUT2D eigenvalue weighted by Gasteiger charge is 2.38. The standard InChI is InChI=1S/C30H34ClN5O2/c1-33-29-34-24-17-25(37-2)27(38-3)23(26(24)28(32)35-29)18-30(21-9-5-4-6-10-21)12-14-36(15-13-30)19-20-8-7-11-22(31)16-20/h4-11,16-17H,12-15,18-19H2,1-3H3,(H3,32,33,34,35). The largest absolute Gasteiger partial charge is 0.493 e. The number of rotatable bonds is 8. The Labute approximate surface area is 228 Å². The number of hydrogen-bond acceptors (Lipinski definition) is 7. The number of methoxy groups -OCH3 is 2. The van der Waals surface area contributed by atoms with Gasteiger partial charge in [-0.2, -0.15) is 4.98 Å². The van der Waals surface area contributed by atoms with Crippen molar-refractivity contribution in [3.63, 3.8) is 0 Å². The van der Waals surface area contributed by atoms with Crippen molar-refractivity contribution < 1.29 is 9.47 Å². The lowest BCUT2D eigenvalue weighted by molar-refractivity contribution is 0.151. The summed E-state index contributed by atoms with van der Waals surface area (Å²) in [4.78, 5) is 11.7. The Morgan fingerprint density at radius 1 is 1.00 bits per heavy atom. The van der Waals surface area contributed by atoms with Crippen LogP contribution in [0.2, 0.25) is 5.02 Å². The third-order valence-electron chi connectivity index (χ3n) is 7.69. The van der Waals surface area contributed by atoms with E-state index in [1.54, 1.807) is 21.3 Å². The van der Waals surface area contributed by atoms with Crippen LogP contribution in [0.25, 0.3) is 10.9 Å². The molecule has 3 N–H and O–H groups in total. The van der Waals surface area contributed by atoms with Crippen molar-refractivity contribution in [2.75, 3.05) is 45.4 Å². The molecule has 0 unspecified atom stereocenters. The second kappa shape index (κ2) is 11.1. The first kappa shape index (κ1) is 26.1. The summed E-state index contributed by atoms with van der Waals surface area (Å²) in [6.07, 6.45) is 2.69. The molecular weight excluding hydrogens is 498 g/mol. The molecule has 198 valence electrons. The smallest absolute Gasteiger partial charge is 0.224 e. The number of halogens is 1. The molecule has 1 fully saturated rings. The maximum atomic E-state index is 6.55. The van der Waals surface area contributed by atoms with Crippen molar-refractivity contribution in [3.8, 4) is 11.5 Å². The number of nitrogens with one attached hydrogen (secondary N) is 1. The summed E-state index contributed by atoms with van der Waals surface area (Å²) in [6.45, 7) is 2.80. The molecule has 3 aromatic carbocycles. The van der Waals surface area contributed by atoms with Gasteiger partial charge in [0, 0.05) is 41.0 Å². The quantitative estimate of drug-likeness (QED) is 0.301. The first-order chi connectivity index (χ1) is 18.5. The number of piperidine rings is 1. The Kier molecular flexibility index (Phi) is 7.58. The van der Waals surface area contributed by atoms with Crippen molar-refractivity contribution >= 4 is 34.3 Å². The summed E-state index contributed by atoms with van der Waals surface area (Å²) in [7, 11) is 5.11. The third-order valence-corrected chi connectivity index (χ3v) is 7.92. The zero-order valence-electron chi connectivity index (χ0n) is 22.1. The molecule has 0 radical (unpaired) electrons. The normalized spacial score (nSPS) is 15.4. The van der Waals surface area contributed by atoms with Crippen molar-refractivity contribution in [1.82, 2.24) is 14.9 Å². The van der Waals surface area contributed by atoms with E-state index in [1.807, 2.05) is 18.2 Å². The van der Waals surface area contributed by atoms with Gasteiger partial charge in [0.2, 0.25) is 5.95 Å². The number of nitrogens with two attached hydrogens (primary N) is 1. The van der Waals surface area contributed by atoms with Gasteiger partial charge in [-0.25, -0.2) is 4.98 Å². The van der Waals surface area contributed by atoms with E-state index in [0.717, 1.165) is 60.4 Å². The number of likely N-dealkylation sites (tertiary alicyclic amines) is 1. The number of benzene rings is 3. The van der Waals surface area contributed by atoms with Crippen LogP contribution in [-0.4, -0.2) is 49.2 Å². The van der Waals surface area contributed by atoms with Gasteiger partial charge in [0.05, 0.1) is 19.7 Å². The molecule has 0 bridgehead atoms. The Hall–Kier alpha value is -3.55. The molecule has 7 nitrogen and oxygen atoms in total. The van der Waals surface area contributed by atoms with Crippen LogP contribution in [0, 0.1) is 0 Å². The minimum Gasteiger partial charge on any atom is -0.493 e. The molecule has 1 saturated heterocycles. The highest BCUT2D eigenvalue weighted by molar-refractivity contribution is 6.30. The van der Waals surface area contributed by atoms with Crippen LogP contribution in [0.3, 0.4) is 0 Å². The first-order valence-corrected chi connectivity index (χ1v) is 13.3. The highest BCUT2D eigenvalue weighted by atomic mass is 35.5. The van der Waals surface area contributed by atoms with Gasteiger partial charge in [0.1, 0.15) is 5.82 Å². The van der Waals surface area contributed by atoms with E-state index >= 15 is 0 Å². The van der Waals surface area contributed by atoms with Gasteiger partial charge in [-0.15, -0.1) is 0 Å². The summed E-state index contributed by atoms with van der Waals surface area (Å²) in [6, 6.07) is 20.8. The zero-order valence-corrected chi connectivity index (χ0v) is 22.9. The van der Waals surface area contributed by atoms with E-state index < -0.39 is 0 Å². The molecule has 5 rings (SSSR count). The number of fused-ring (bicyclic) bond motifs is 1. The molecule has 1 aliphatic rings. The molecule has 1 aromatic heterocycles. The topological polar surface area (TPSA) is 85.5 Å². The van der Waals surface area contributed by atoms with Crippen LogP contribution >= 0.6 is 11.6 Å². The molecule has 1 aliphatic heterocycles. The molecular formula is C30H34ClN5O2. The van der Waals surface area contributed by atoms with Gasteiger partial charge >= 0.3 is 0 Å². The van der Waals surface area contributed by atoms with Crippen LogP contribution in [0.15, 0.2) is 60.7 Å². The lowest BCUT2D eigenvalue weighted by Crippen LogP contribution is -2.43. The number of nitrogens with zero attached hydrogens (tertiary/aromatic N) is 3. The number of anilines is 2. The van der Waals surface area contributed by atoms with Crippen LogP contribution in [0.5, 0.6) is 11.5 Å². The van der Waals surface area contributed by atoms with Crippen LogP contribution in [0.4, 0.5) is 11.8 Å². The van der Waals surface area contributed by atoms with Gasteiger partial charge in [-0.1, -0.05) is 54.1 Å². The fourth-order valence-corrected chi connectivity index (χ4v) is 5.96. The maximum absolute atomic E-state index is 6.55. The highest BCUT2D eigenvalue weighted by Crippen LogP contribution is 2.46. The Morgan fingerprint density at radius 2 is 1.76 bits per heavy atom. The third kappa shape index (κ3) is 5.08. The molecule has 38 heavy (non-hydrogen) atoms. The minimum absolute atomic E-state index is 0.118. The summed E-state index contributed by atoms with van der Waals surface area (Å²) in [5.41, 5.74) is 10.7. The van der Waals surface area contributed by atoms with Crippen LogP contribution in [0.1, 0.15) is 29.5 Å². The summed E-state index contributed by atoms with van der Waals surface area (Å²) in [5, 5.41) is 4.59. The fraction of sp³-hybridized carbons (Fsp3) is 0.333. The van der Waals surface area contributed by atoms with Crippen molar-refractivity contribution in [3.05, 3.63) is 82.4 Å². The Morgan fingerprint density at radius 3 is 2.42 bits per heavy atom. The van der Waals surface area contributed by atoms with Gasteiger partial charge in [-0.3, -0.25) is 4.90 Å². The molecule has 4 aromatic rings. The molecule has 0 atom stereocenters. The van der Waals surface area contributed by atoms with Crippen molar-refractivity contribution in [2.24, 2.45) is 0 Å². The Bertz CT molecular complexity index is 1420. The van der Waals surface area contributed by atoms with Gasteiger partial charge in [0.25, 0.3) is 0 Å². The lowest BCUT2D eigenvalue weighted by atomic mass is 9.68. The molecule has 0 spiro atoms. The SMILES string of the molecule is CNc1nc(N)c2c(CC3(c4ccccc4)CCN(Cc4cccc(Cl)c4)CC3)c(OC)c(OC)cc2n1. The number of ether oxygens (including phenoxy) is 2. The van der Waals surface area contributed by atoms with Crippen molar-refractivity contribution in [1.29, 1.82) is 0 Å². The van der Waals surface area contributed by atoms with E-state index in [9.17, 15) is 0 Å². The predicted molar refractivity (Wildman–Crippen MR) is 154 cm³/mol. The lowest BCUT2D eigenvalue weighted by Gasteiger charge is -2.43. The van der Waals surface area contributed by atoms with E-state index in [-0.39, 0.29) is 5.41 Å². The fourth-order valence-electron chi connectivity index (χ4n) is 5.75. The monoisotopic (exact) mass is 531 g/mol. The second-order valence-corrected chi connectivity index (χ2v) is 10.3. The van der Waals surface area contributed by atoms with E-state index in [4.69, 9.17) is 31.8 Å². The van der Waals surface area contributed by atoms with E-state index in [2.05, 4.69) is 57.7 Å². The summed E-state index contributed by atoms with van der Waals surface area (Å²) < 4.78 is 11.7. The molecule has 0 aliphatic carbocycles. The Balaban J connectivity index is 1.56. The average molecular weight is 532 g/mol. The minimum atomic E-state index is -0.118. The van der Waals surface area contributed by atoms with Gasteiger partial charge in [-0.05, 0) is 55.6 Å². The maximum Gasteiger partial charge on any atom is 0.224 e. The summed E-state index contributed by atoms with van der Waals surface area (Å²) in [5.74, 6) is 2.22. The summed E-state index contributed by atoms with van der Waals surface area (Å²) >= 11 is 6.25. The molecule has 2 heterocycles. The second-order valence-electron chi connectivity index (χ2n) is 9.90. The van der Waals surface area contributed by atoms with Crippen molar-refractivity contribution in [2.45, 2.75) is 31.2 Å². The van der Waals surface area contributed by atoms with Gasteiger partial charge < -0.3 is 20.5 Å². The first-order valence-electron chi connectivity index (χ1n) is 12.9. The van der Waals surface area contributed by atoms with Crippen LogP contribution < -0.4 is 20.5 Å². The number of nitrogen functional groups attached to an aromatic ring is 1. The van der Waals surface area contributed by atoms with Crippen LogP contribution in [-0.2, 0) is 18.4 Å². The van der Waals surface area contributed by atoms with Gasteiger partial charge in [0.15, 0.2) is 11.5 Å². The molecule has 0 amide bonds. The number of hydrogen-bond donors (Lipinski definition) is 2. The van der Waals surface area contributed by atoms with E-state index in [1.165, 1.54) is 11.1 Å². The molecule has 0 saturated carbocycles.